The molecule has 1 heterocycles. The van der Waals surface area contributed by atoms with E-state index < -0.39 is 0 Å². The average Bonchev–Trinajstić information content (AvgIpc) is 2.82. The predicted molar refractivity (Wildman–Crippen MR) is 60.3 cm³/mol. The first-order valence-corrected chi connectivity index (χ1v) is 5.20. The van der Waals surface area contributed by atoms with Crippen molar-refractivity contribution in [2.24, 2.45) is 0 Å². The summed E-state index contributed by atoms with van der Waals surface area (Å²) in [5.74, 6) is 0.562. The first-order chi connectivity index (χ1) is 8.20. The number of rotatable bonds is 4. The highest BCUT2D eigenvalue weighted by molar-refractivity contribution is 5.80. The molecule has 0 aliphatic rings. The van der Waals surface area contributed by atoms with E-state index in [-0.39, 0.29) is 6.10 Å². The Hall–Kier alpha value is -2.24. The quantitative estimate of drug-likeness (QED) is 0.742. The molecule has 0 aliphatic carbocycles. The molecule has 0 N–H and O–H groups in total. The number of hydrogen-bond donors (Lipinski definition) is 0. The molecule has 0 unspecified atom stereocenters. The molecule has 0 fully saturated rings. The van der Waals surface area contributed by atoms with E-state index in [2.05, 4.69) is 15.5 Å². The lowest BCUT2D eigenvalue weighted by atomic mass is 10.2. The predicted octanol–water partition coefficient (Wildman–Crippen LogP) is 1.26. The molecule has 6 nitrogen and oxygen atoms in total. The van der Waals surface area contributed by atoms with Gasteiger partial charge < -0.3 is 4.74 Å². The highest BCUT2D eigenvalue weighted by Gasteiger charge is 2.07. The van der Waals surface area contributed by atoms with Gasteiger partial charge in [0.15, 0.2) is 6.29 Å². The fraction of sp³-hybridized carbons (Fsp3) is 0.273. The Labute approximate surface area is 98.2 Å². The summed E-state index contributed by atoms with van der Waals surface area (Å²) < 4.78 is 6.99. The van der Waals surface area contributed by atoms with E-state index >= 15 is 0 Å². The van der Waals surface area contributed by atoms with Crippen molar-refractivity contribution in [1.29, 1.82) is 0 Å². The van der Waals surface area contributed by atoms with Crippen molar-refractivity contribution in [2.75, 3.05) is 0 Å². The van der Waals surface area contributed by atoms with E-state index in [4.69, 9.17) is 4.74 Å². The van der Waals surface area contributed by atoms with E-state index in [9.17, 15) is 4.79 Å². The zero-order chi connectivity index (χ0) is 12.3. The molecule has 0 aliphatic heterocycles. The second-order valence-corrected chi connectivity index (χ2v) is 3.76. The molecule has 0 radical (unpaired) electrons. The van der Waals surface area contributed by atoms with E-state index in [1.807, 2.05) is 13.8 Å². The van der Waals surface area contributed by atoms with Gasteiger partial charge in [0.25, 0.3) is 0 Å². The van der Waals surface area contributed by atoms with Gasteiger partial charge in [-0.05, 0) is 42.5 Å². The van der Waals surface area contributed by atoms with Gasteiger partial charge in [0, 0.05) is 0 Å². The summed E-state index contributed by atoms with van der Waals surface area (Å²) >= 11 is 0. The molecule has 0 saturated carbocycles. The molecular formula is C11H12N4O2. The maximum absolute atomic E-state index is 11.0. The Morgan fingerprint density at radius 3 is 2.82 bits per heavy atom. The number of tetrazole rings is 1. The Balaban J connectivity index is 2.37. The van der Waals surface area contributed by atoms with Crippen LogP contribution in [-0.2, 0) is 0 Å². The summed E-state index contributed by atoms with van der Waals surface area (Å²) in [6.07, 6.45) is 2.24. The molecule has 2 aromatic rings. The van der Waals surface area contributed by atoms with Crippen molar-refractivity contribution < 1.29 is 9.53 Å². The third kappa shape index (κ3) is 2.47. The van der Waals surface area contributed by atoms with Crippen molar-refractivity contribution in [3.05, 3.63) is 30.1 Å². The summed E-state index contributed by atoms with van der Waals surface area (Å²) in [6.45, 7) is 3.81. The third-order valence-electron chi connectivity index (χ3n) is 2.10. The van der Waals surface area contributed by atoms with Crippen LogP contribution in [0.25, 0.3) is 5.69 Å². The first-order valence-electron chi connectivity index (χ1n) is 5.20. The molecular weight excluding hydrogens is 220 g/mol. The van der Waals surface area contributed by atoms with Gasteiger partial charge in [-0.3, -0.25) is 4.79 Å². The van der Waals surface area contributed by atoms with Gasteiger partial charge in [-0.1, -0.05) is 0 Å². The van der Waals surface area contributed by atoms with Gasteiger partial charge in [0.05, 0.1) is 17.4 Å². The first kappa shape index (κ1) is 11.3. The number of carbonyl (C=O) groups is 1. The second-order valence-electron chi connectivity index (χ2n) is 3.76. The minimum absolute atomic E-state index is 0.0209. The second kappa shape index (κ2) is 4.73. The normalized spacial score (nSPS) is 10.5. The smallest absolute Gasteiger partial charge is 0.153 e. The van der Waals surface area contributed by atoms with Crippen LogP contribution in [0.2, 0.25) is 0 Å². The van der Waals surface area contributed by atoms with Crippen molar-refractivity contribution >= 4 is 6.29 Å². The largest absolute Gasteiger partial charge is 0.490 e. The maximum Gasteiger partial charge on any atom is 0.153 e. The number of benzene rings is 1. The van der Waals surface area contributed by atoms with Crippen LogP contribution in [-0.4, -0.2) is 32.6 Å². The van der Waals surface area contributed by atoms with E-state index in [0.717, 1.165) is 6.29 Å². The van der Waals surface area contributed by atoms with Crippen LogP contribution in [0.4, 0.5) is 0 Å². The van der Waals surface area contributed by atoms with Crippen molar-refractivity contribution in [3.8, 4) is 11.4 Å². The van der Waals surface area contributed by atoms with Gasteiger partial charge in [-0.25, -0.2) is 4.68 Å². The molecule has 0 saturated heterocycles. The summed E-state index contributed by atoms with van der Waals surface area (Å²) in [7, 11) is 0. The summed E-state index contributed by atoms with van der Waals surface area (Å²) in [5, 5.41) is 10.8. The summed E-state index contributed by atoms with van der Waals surface area (Å²) in [4.78, 5) is 11.0. The van der Waals surface area contributed by atoms with Crippen molar-refractivity contribution in [1.82, 2.24) is 20.2 Å². The van der Waals surface area contributed by atoms with Crippen LogP contribution in [0.3, 0.4) is 0 Å². The Morgan fingerprint density at radius 1 is 1.41 bits per heavy atom. The fourth-order valence-electron chi connectivity index (χ4n) is 1.41. The van der Waals surface area contributed by atoms with Crippen molar-refractivity contribution in [3.63, 3.8) is 0 Å². The highest BCUT2D eigenvalue weighted by atomic mass is 16.5. The fourth-order valence-corrected chi connectivity index (χ4v) is 1.41. The Kier molecular flexibility index (Phi) is 3.13. The number of nitrogens with zero attached hydrogens (tertiary/aromatic N) is 4. The van der Waals surface area contributed by atoms with E-state index in [1.165, 1.54) is 11.0 Å². The lowest BCUT2D eigenvalue weighted by Crippen LogP contribution is -2.08. The molecule has 0 atom stereocenters. The van der Waals surface area contributed by atoms with Crippen LogP contribution in [0.15, 0.2) is 24.5 Å². The zero-order valence-corrected chi connectivity index (χ0v) is 9.57. The molecule has 1 aromatic heterocycles. The standard InChI is InChI=1S/C11H12N4O2/c1-8(2)17-11-4-3-10(5-9(11)6-16)15-7-12-13-14-15/h3-8H,1-2H3. The average molecular weight is 232 g/mol. The number of aromatic nitrogens is 4. The highest BCUT2D eigenvalue weighted by Crippen LogP contribution is 2.21. The Morgan fingerprint density at radius 2 is 2.24 bits per heavy atom. The number of hydrogen-bond acceptors (Lipinski definition) is 5. The van der Waals surface area contributed by atoms with Crippen LogP contribution >= 0.6 is 0 Å². The van der Waals surface area contributed by atoms with Gasteiger partial charge in [-0.2, -0.15) is 0 Å². The lowest BCUT2D eigenvalue weighted by Gasteiger charge is -2.12. The number of aldehydes is 1. The molecule has 0 spiro atoms. The number of carbonyl (C=O) groups excluding carboxylic acids is 1. The van der Waals surface area contributed by atoms with E-state index in [1.54, 1.807) is 18.2 Å². The molecule has 6 heteroatoms. The van der Waals surface area contributed by atoms with Gasteiger partial charge in [0.2, 0.25) is 0 Å². The van der Waals surface area contributed by atoms with Crippen LogP contribution in [0, 0.1) is 0 Å². The number of ether oxygens (including phenoxy) is 1. The van der Waals surface area contributed by atoms with Gasteiger partial charge in [0.1, 0.15) is 12.1 Å². The summed E-state index contributed by atoms with van der Waals surface area (Å²) in [5.41, 5.74) is 1.19. The molecule has 17 heavy (non-hydrogen) atoms. The minimum atomic E-state index is 0.0209. The monoisotopic (exact) mass is 232 g/mol. The SMILES string of the molecule is CC(C)Oc1ccc(-n2cnnn2)cc1C=O. The maximum atomic E-state index is 11.0. The minimum Gasteiger partial charge on any atom is -0.490 e. The van der Waals surface area contributed by atoms with Crippen molar-refractivity contribution in [2.45, 2.75) is 20.0 Å². The third-order valence-corrected chi connectivity index (χ3v) is 2.10. The van der Waals surface area contributed by atoms with Gasteiger partial charge >= 0.3 is 0 Å². The molecule has 0 bridgehead atoms. The van der Waals surface area contributed by atoms with Crippen LogP contribution in [0.1, 0.15) is 24.2 Å². The van der Waals surface area contributed by atoms with Gasteiger partial charge in [-0.15, -0.1) is 5.10 Å². The molecule has 1 aromatic carbocycles. The lowest BCUT2D eigenvalue weighted by molar-refractivity contribution is 0.111. The van der Waals surface area contributed by atoms with Crippen LogP contribution in [0.5, 0.6) is 5.75 Å². The Bertz CT molecular complexity index is 508. The molecule has 2 rings (SSSR count). The zero-order valence-electron chi connectivity index (χ0n) is 9.57. The topological polar surface area (TPSA) is 69.9 Å². The molecule has 88 valence electrons. The summed E-state index contributed by atoms with van der Waals surface area (Å²) in [6, 6.07) is 5.21. The van der Waals surface area contributed by atoms with E-state index in [0.29, 0.717) is 17.0 Å². The van der Waals surface area contributed by atoms with Crippen LogP contribution < -0.4 is 4.74 Å². The molecule has 0 amide bonds.